The van der Waals surface area contributed by atoms with Crippen molar-refractivity contribution < 1.29 is 23.8 Å². The van der Waals surface area contributed by atoms with Crippen molar-refractivity contribution >= 4 is 12.5 Å². The number of rotatable bonds is 12. The Hall–Kier alpha value is -2.03. The van der Waals surface area contributed by atoms with Gasteiger partial charge in [-0.25, -0.2) is 4.79 Å². The van der Waals surface area contributed by atoms with Crippen molar-refractivity contribution in [2.75, 3.05) is 13.1 Å². The molecule has 0 aliphatic carbocycles. The number of alkyl carbamates (subject to hydrolysis) is 1. The quantitative estimate of drug-likeness (QED) is 0.166. The third-order valence-corrected chi connectivity index (χ3v) is 4.43. The summed E-state index contributed by atoms with van der Waals surface area (Å²) in [6.45, 7) is 7.99. The first kappa shape index (κ1) is 25.0. The van der Waals surface area contributed by atoms with Gasteiger partial charge in [0.2, 0.25) is 6.41 Å². The maximum Gasteiger partial charge on any atom is 0.407 e. The molecular weight excluding hydrogens is 378 g/mol. The topological polar surface area (TPSA) is 135 Å². The van der Waals surface area contributed by atoms with Crippen molar-refractivity contribution in [2.24, 2.45) is 5.11 Å². The summed E-state index contributed by atoms with van der Waals surface area (Å²) in [5.41, 5.74) is 8.15. The van der Waals surface area contributed by atoms with Gasteiger partial charge in [0.1, 0.15) is 5.60 Å². The van der Waals surface area contributed by atoms with Crippen molar-refractivity contribution in [1.82, 2.24) is 10.6 Å². The van der Waals surface area contributed by atoms with E-state index in [0.717, 1.165) is 25.7 Å². The summed E-state index contributed by atoms with van der Waals surface area (Å²) in [5, 5.41) is 9.11. The van der Waals surface area contributed by atoms with Gasteiger partial charge in [-0.05, 0) is 71.8 Å². The van der Waals surface area contributed by atoms with E-state index in [1.54, 1.807) is 0 Å². The van der Waals surface area contributed by atoms with Gasteiger partial charge in [-0.2, -0.15) is 0 Å². The Kier molecular flexibility index (Phi) is 11.4. The molecule has 0 saturated carbocycles. The number of nitrogens with zero attached hydrogens (tertiary/aromatic N) is 3. The number of hydrogen-bond donors (Lipinski definition) is 2. The van der Waals surface area contributed by atoms with Crippen LogP contribution in [0, 0.1) is 0 Å². The Balaban J connectivity index is 2.50. The second-order valence-corrected chi connectivity index (χ2v) is 8.21. The third kappa shape index (κ3) is 11.5. The SMILES string of the molecule is CC1CCCC(OC(CN=[N+]=[N-])[C@H](CCCCNC(=O)OC(C)(C)C)NC=O)O1. The third-order valence-electron chi connectivity index (χ3n) is 4.43. The van der Waals surface area contributed by atoms with Crippen LogP contribution in [0.4, 0.5) is 4.79 Å². The molecule has 3 unspecified atom stereocenters. The average molecular weight is 414 g/mol. The van der Waals surface area contributed by atoms with Gasteiger partial charge in [0.15, 0.2) is 6.29 Å². The molecule has 2 amide bonds. The number of hydrogen-bond acceptors (Lipinski definition) is 6. The molecule has 166 valence electrons. The minimum atomic E-state index is -0.534. The number of amides is 2. The number of carbonyl (C=O) groups excluding carboxylic acids is 2. The zero-order chi connectivity index (χ0) is 21.7. The number of unbranched alkanes of at least 4 members (excludes halogenated alkanes) is 1. The van der Waals surface area contributed by atoms with Crippen LogP contribution in [0.2, 0.25) is 0 Å². The Morgan fingerprint density at radius 2 is 2.14 bits per heavy atom. The van der Waals surface area contributed by atoms with E-state index in [4.69, 9.17) is 19.7 Å². The Morgan fingerprint density at radius 1 is 1.38 bits per heavy atom. The van der Waals surface area contributed by atoms with Crippen LogP contribution >= 0.6 is 0 Å². The molecule has 2 N–H and O–H groups in total. The van der Waals surface area contributed by atoms with Crippen molar-refractivity contribution in [3.8, 4) is 0 Å². The van der Waals surface area contributed by atoms with Crippen LogP contribution in [-0.2, 0) is 19.0 Å². The molecule has 1 aliphatic rings. The van der Waals surface area contributed by atoms with Crippen LogP contribution in [0.15, 0.2) is 5.11 Å². The molecule has 10 nitrogen and oxygen atoms in total. The molecule has 1 fully saturated rings. The molecule has 29 heavy (non-hydrogen) atoms. The van der Waals surface area contributed by atoms with Crippen LogP contribution in [0.5, 0.6) is 0 Å². The van der Waals surface area contributed by atoms with Gasteiger partial charge in [0, 0.05) is 11.5 Å². The van der Waals surface area contributed by atoms with E-state index in [1.807, 2.05) is 27.7 Å². The van der Waals surface area contributed by atoms with Gasteiger partial charge in [0.25, 0.3) is 0 Å². The van der Waals surface area contributed by atoms with Gasteiger partial charge in [-0.3, -0.25) is 4.79 Å². The highest BCUT2D eigenvalue weighted by molar-refractivity contribution is 5.67. The van der Waals surface area contributed by atoms with E-state index in [1.165, 1.54) is 0 Å². The summed E-state index contributed by atoms with van der Waals surface area (Å²) in [4.78, 5) is 25.5. The summed E-state index contributed by atoms with van der Waals surface area (Å²) >= 11 is 0. The Bertz CT molecular complexity index is 548. The van der Waals surface area contributed by atoms with Crippen LogP contribution in [0.3, 0.4) is 0 Å². The Morgan fingerprint density at radius 3 is 2.76 bits per heavy atom. The summed E-state index contributed by atoms with van der Waals surface area (Å²) < 4.78 is 17.0. The molecule has 0 aromatic rings. The molecule has 1 rings (SSSR count). The van der Waals surface area contributed by atoms with E-state index < -0.39 is 17.8 Å². The molecule has 1 aliphatic heterocycles. The van der Waals surface area contributed by atoms with Crippen LogP contribution < -0.4 is 10.6 Å². The zero-order valence-corrected chi connectivity index (χ0v) is 17.9. The predicted molar refractivity (Wildman–Crippen MR) is 108 cm³/mol. The zero-order valence-electron chi connectivity index (χ0n) is 17.9. The van der Waals surface area contributed by atoms with Gasteiger partial charge in [-0.15, -0.1) is 0 Å². The van der Waals surface area contributed by atoms with Crippen LogP contribution in [0.1, 0.15) is 66.2 Å². The molecular formula is C19H35N5O5. The maximum atomic E-state index is 11.7. The van der Waals surface area contributed by atoms with E-state index >= 15 is 0 Å². The van der Waals surface area contributed by atoms with Crippen LogP contribution in [0.25, 0.3) is 10.4 Å². The average Bonchev–Trinajstić information content (AvgIpc) is 2.62. The molecule has 0 radical (unpaired) electrons. The van der Waals surface area contributed by atoms with Crippen LogP contribution in [-0.4, -0.2) is 55.7 Å². The van der Waals surface area contributed by atoms with Crippen molar-refractivity contribution in [3.63, 3.8) is 0 Å². The van der Waals surface area contributed by atoms with Gasteiger partial charge in [-0.1, -0.05) is 5.11 Å². The lowest BCUT2D eigenvalue weighted by atomic mass is 10.0. The number of carbonyl (C=O) groups is 2. The second-order valence-electron chi connectivity index (χ2n) is 8.21. The first-order valence-corrected chi connectivity index (χ1v) is 10.2. The van der Waals surface area contributed by atoms with Gasteiger partial charge in [0.05, 0.1) is 24.8 Å². The molecule has 0 aromatic carbocycles. The smallest absolute Gasteiger partial charge is 0.407 e. The fourth-order valence-corrected chi connectivity index (χ4v) is 3.10. The normalized spacial score (nSPS) is 21.4. The molecule has 10 heteroatoms. The molecule has 0 bridgehead atoms. The predicted octanol–water partition coefficient (Wildman–Crippen LogP) is 3.41. The lowest BCUT2D eigenvalue weighted by Crippen LogP contribution is -2.45. The van der Waals surface area contributed by atoms with Gasteiger partial charge < -0.3 is 24.8 Å². The molecule has 0 aromatic heterocycles. The highest BCUT2D eigenvalue weighted by Gasteiger charge is 2.28. The largest absolute Gasteiger partial charge is 0.444 e. The summed E-state index contributed by atoms with van der Waals surface area (Å²) in [7, 11) is 0. The summed E-state index contributed by atoms with van der Waals surface area (Å²) in [6.07, 6.45) is 4.25. The standard InChI is InChI=1S/C19H35N5O5/c1-14-8-7-10-17(27-14)28-16(12-23-24-20)15(22-13-25)9-5-6-11-21-18(26)29-19(2,3)4/h13-17H,5-12H2,1-4H3,(H,21,26)(H,22,25)/t14?,15-,16?,17?/m0/s1. The monoisotopic (exact) mass is 413 g/mol. The summed E-state index contributed by atoms with van der Waals surface area (Å²) in [5.74, 6) is 0. The highest BCUT2D eigenvalue weighted by Crippen LogP contribution is 2.22. The summed E-state index contributed by atoms with van der Waals surface area (Å²) in [6, 6.07) is -0.319. The minimum Gasteiger partial charge on any atom is -0.444 e. The van der Waals surface area contributed by atoms with Crippen molar-refractivity contribution in [2.45, 2.75) is 96.4 Å². The molecule has 4 atom stereocenters. The fraction of sp³-hybridized carbons (Fsp3) is 0.895. The lowest BCUT2D eigenvalue weighted by Gasteiger charge is -2.33. The van der Waals surface area contributed by atoms with E-state index in [-0.39, 0.29) is 25.0 Å². The number of nitrogens with one attached hydrogen (secondary N) is 2. The highest BCUT2D eigenvalue weighted by atomic mass is 16.7. The molecule has 1 saturated heterocycles. The van der Waals surface area contributed by atoms with Gasteiger partial charge >= 0.3 is 6.09 Å². The maximum absolute atomic E-state index is 11.7. The molecule has 0 spiro atoms. The number of azide groups is 1. The van der Waals surface area contributed by atoms with Crippen molar-refractivity contribution in [3.05, 3.63) is 10.4 Å². The Labute approximate surface area is 172 Å². The lowest BCUT2D eigenvalue weighted by molar-refractivity contribution is -0.213. The van der Waals surface area contributed by atoms with Crippen molar-refractivity contribution in [1.29, 1.82) is 0 Å². The number of ether oxygens (including phenoxy) is 3. The van der Waals surface area contributed by atoms with E-state index in [9.17, 15) is 9.59 Å². The van der Waals surface area contributed by atoms with E-state index in [0.29, 0.717) is 25.8 Å². The fourth-order valence-electron chi connectivity index (χ4n) is 3.10. The first-order valence-electron chi connectivity index (χ1n) is 10.2. The minimum absolute atomic E-state index is 0.104. The van der Waals surface area contributed by atoms with E-state index in [2.05, 4.69) is 20.7 Å². The second kappa shape index (κ2) is 13.2. The first-order chi connectivity index (χ1) is 13.7. The molecule has 1 heterocycles.